The summed E-state index contributed by atoms with van der Waals surface area (Å²) in [7, 11) is -5.03. The van der Waals surface area contributed by atoms with Crippen molar-refractivity contribution in [3.05, 3.63) is 126 Å². The van der Waals surface area contributed by atoms with Gasteiger partial charge in [-0.05, 0) is 87.1 Å². The van der Waals surface area contributed by atoms with Crippen molar-refractivity contribution in [2.24, 2.45) is 0 Å². The minimum Gasteiger partial charge on any atom is -0.756 e. The van der Waals surface area contributed by atoms with E-state index in [0.29, 0.717) is 42.2 Å². The monoisotopic (exact) mass is 756 g/mol. The Morgan fingerprint density at radius 2 is 1.76 bits per heavy atom. The number of hydrogen-bond acceptors (Lipinski definition) is 8. The molecular weight excluding hydrogens is 710 g/mol. The maximum absolute atomic E-state index is 14.0. The van der Waals surface area contributed by atoms with Gasteiger partial charge in [-0.15, -0.1) is 0 Å². The lowest BCUT2D eigenvalue weighted by Crippen LogP contribution is -2.38. The number of ether oxygens (including phenoxy) is 1. The van der Waals surface area contributed by atoms with Gasteiger partial charge < -0.3 is 34.6 Å². The molecule has 2 unspecified atom stereocenters. The average molecular weight is 757 g/mol. The fourth-order valence-corrected chi connectivity index (χ4v) is 5.97. The molecule has 4 N–H and O–H groups in total. The average Bonchev–Trinajstić information content (AvgIpc) is 3.49. The van der Waals surface area contributed by atoms with E-state index in [1.807, 2.05) is 68.1 Å². The van der Waals surface area contributed by atoms with E-state index < -0.39 is 20.7 Å². The number of hydrogen-bond donors (Lipinski definition) is 4. The van der Waals surface area contributed by atoms with Crippen LogP contribution in [0.1, 0.15) is 62.2 Å². The Kier molecular flexibility index (Phi) is 13.9. The summed E-state index contributed by atoms with van der Waals surface area (Å²) in [5.41, 5.74) is 5.23. The van der Waals surface area contributed by atoms with Crippen LogP contribution in [0.4, 0.5) is 4.39 Å². The number of phosphoric ester groups is 1. The standard InChI is InChI=1S/C41H46FN4O7P/c1-41(2,3)43-27-36(48)33-14-15-34(37(26-33)52-29-53-54(49,50)51)28-45-23-20-32(21-24-45)40-39(31-16-18-35(42)19-17-31)44-38(13-7-8-25-47)46(40)22-9-12-30-10-5-4-6-11-30/h4-6,10-11,14-21,23-24,26,36,43,47-48H,8-9,12,22,25,27-29H2,1-3H3,(H-,49,50,51). The van der Waals surface area contributed by atoms with Crippen molar-refractivity contribution in [2.75, 3.05) is 19.9 Å². The summed E-state index contributed by atoms with van der Waals surface area (Å²) in [4.78, 5) is 25.3. The van der Waals surface area contributed by atoms with Gasteiger partial charge in [0.05, 0.1) is 29.7 Å². The Hall–Kier alpha value is -4.70. The Bertz CT molecular complexity index is 2090. The molecule has 0 aliphatic carbocycles. The molecule has 2 atom stereocenters. The summed E-state index contributed by atoms with van der Waals surface area (Å²) in [5.74, 6) is 6.60. The predicted molar refractivity (Wildman–Crippen MR) is 201 cm³/mol. The molecular formula is C41H46FN4O7P. The van der Waals surface area contributed by atoms with Crippen molar-refractivity contribution in [1.29, 1.82) is 0 Å². The number of aryl methyl sites for hydroxylation is 1. The van der Waals surface area contributed by atoms with Gasteiger partial charge in [0, 0.05) is 48.3 Å². The minimum atomic E-state index is -5.03. The maximum atomic E-state index is 14.0. The number of aliphatic hydroxyl groups is 2. The smallest absolute Gasteiger partial charge is 0.268 e. The Morgan fingerprint density at radius 1 is 1.04 bits per heavy atom. The van der Waals surface area contributed by atoms with Gasteiger partial charge in [-0.1, -0.05) is 42.3 Å². The van der Waals surface area contributed by atoms with E-state index in [-0.39, 0.29) is 30.3 Å². The van der Waals surface area contributed by atoms with E-state index in [2.05, 4.69) is 38.4 Å². The van der Waals surface area contributed by atoms with Crippen LogP contribution in [-0.4, -0.2) is 50.1 Å². The Labute approximate surface area is 315 Å². The first-order valence-corrected chi connectivity index (χ1v) is 19.2. The van der Waals surface area contributed by atoms with Gasteiger partial charge in [-0.3, -0.25) is 9.09 Å². The SMILES string of the molecule is CC(C)(C)NCC(O)c1ccc(C[n+]2ccc(-c3c(-c4ccc(F)cc4)nc(C#CCCO)n3CCCc3ccccc3)cc2)c(OCOP(=O)([O-])O)c1. The van der Waals surface area contributed by atoms with Gasteiger partial charge in [0.2, 0.25) is 0 Å². The Balaban J connectivity index is 1.48. The number of halogens is 1. The van der Waals surface area contributed by atoms with Gasteiger partial charge in [-0.25, -0.2) is 13.9 Å². The van der Waals surface area contributed by atoms with Crippen molar-refractivity contribution < 1.29 is 42.8 Å². The molecule has 0 aliphatic heterocycles. The summed E-state index contributed by atoms with van der Waals surface area (Å²) in [6.45, 7) is 6.33. The van der Waals surface area contributed by atoms with Crippen molar-refractivity contribution in [2.45, 2.75) is 64.8 Å². The summed E-state index contributed by atoms with van der Waals surface area (Å²) in [6.07, 6.45) is 4.84. The topological polar surface area (TPSA) is 153 Å². The van der Waals surface area contributed by atoms with E-state index in [1.54, 1.807) is 30.3 Å². The number of imidazole rings is 1. The molecule has 0 fully saturated rings. The molecule has 2 aromatic heterocycles. The second-order valence-electron chi connectivity index (χ2n) is 13.8. The van der Waals surface area contributed by atoms with Crippen LogP contribution in [0.3, 0.4) is 0 Å². The lowest BCUT2D eigenvalue weighted by Gasteiger charge is -2.23. The van der Waals surface area contributed by atoms with Gasteiger partial charge in [0.1, 0.15) is 11.6 Å². The molecule has 3 aromatic carbocycles. The van der Waals surface area contributed by atoms with Crippen LogP contribution < -0.4 is 19.5 Å². The summed E-state index contributed by atoms with van der Waals surface area (Å²) in [6, 6.07) is 25.5. The van der Waals surface area contributed by atoms with Crippen molar-refractivity contribution >= 4 is 7.82 Å². The van der Waals surface area contributed by atoms with Gasteiger partial charge in [-0.2, -0.15) is 0 Å². The third-order valence-corrected chi connectivity index (χ3v) is 8.89. The number of nitrogens with one attached hydrogen (secondary N) is 1. The zero-order valence-electron chi connectivity index (χ0n) is 30.6. The van der Waals surface area contributed by atoms with Crippen LogP contribution in [-0.2, 0) is 28.6 Å². The number of aromatic nitrogens is 3. The molecule has 0 saturated heterocycles. The van der Waals surface area contributed by atoms with Crippen molar-refractivity contribution in [3.8, 4) is 40.1 Å². The number of phosphoric acid groups is 1. The van der Waals surface area contributed by atoms with Crippen LogP contribution in [0.25, 0.3) is 22.5 Å². The molecule has 0 bridgehead atoms. The summed E-state index contributed by atoms with van der Waals surface area (Å²) < 4.78 is 39.3. The number of nitrogens with zero attached hydrogens (tertiary/aromatic N) is 3. The number of rotatable bonds is 16. The lowest BCUT2D eigenvalue weighted by atomic mass is 10.0. The maximum Gasteiger partial charge on any atom is 0.268 e. The van der Waals surface area contributed by atoms with Crippen LogP contribution in [0.5, 0.6) is 5.75 Å². The number of pyridine rings is 1. The summed E-state index contributed by atoms with van der Waals surface area (Å²) in [5, 5.41) is 23.5. The quantitative estimate of drug-likeness (QED) is 0.0455. The van der Waals surface area contributed by atoms with Crippen molar-refractivity contribution in [3.63, 3.8) is 0 Å². The number of β-amino-alcohol motifs (C(OH)–C–C–N with tert-alkyl or cyclic N) is 1. The molecule has 0 spiro atoms. The largest absolute Gasteiger partial charge is 0.756 e. The van der Waals surface area contributed by atoms with Crippen LogP contribution >= 0.6 is 7.82 Å². The van der Waals surface area contributed by atoms with Crippen molar-refractivity contribution in [1.82, 2.24) is 14.9 Å². The fraction of sp³-hybridized carbons (Fsp3) is 0.317. The zero-order valence-corrected chi connectivity index (χ0v) is 31.5. The fourth-order valence-electron chi connectivity index (χ4n) is 5.79. The molecule has 11 nitrogen and oxygen atoms in total. The molecule has 5 aromatic rings. The molecule has 5 rings (SSSR count). The second-order valence-corrected chi connectivity index (χ2v) is 15.0. The summed E-state index contributed by atoms with van der Waals surface area (Å²) >= 11 is 0. The molecule has 0 amide bonds. The zero-order chi connectivity index (χ0) is 38.7. The first kappa shape index (κ1) is 40.5. The van der Waals surface area contributed by atoms with E-state index in [1.165, 1.54) is 17.7 Å². The molecule has 284 valence electrons. The van der Waals surface area contributed by atoms with Gasteiger partial charge >= 0.3 is 0 Å². The van der Waals surface area contributed by atoms with E-state index in [0.717, 1.165) is 29.7 Å². The molecule has 0 saturated carbocycles. The highest BCUT2D eigenvalue weighted by Gasteiger charge is 2.22. The molecule has 0 radical (unpaired) electrons. The predicted octanol–water partition coefficient (Wildman–Crippen LogP) is 5.29. The second kappa shape index (κ2) is 18.6. The number of benzene rings is 3. The Morgan fingerprint density at radius 3 is 2.43 bits per heavy atom. The molecule has 13 heteroatoms. The molecule has 0 aliphatic rings. The highest BCUT2D eigenvalue weighted by Crippen LogP contribution is 2.34. The number of aliphatic hydroxyl groups excluding tert-OH is 2. The van der Waals surface area contributed by atoms with Crippen LogP contribution in [0.15, 0.2) is 97.3 Å². The normalized spacial score (nSPS) is 13.2. The highest BCUT2D eigenvalue weighted by atomic mass is 31.2. The molecule has 2 heterocycles. The first-order chi connectivity index (χ1) is 25.8. The third kappa shape index (κ3) is 11.9. The highest BCUT2D eigenvalue weighted by molar-refractivity contribution is 7.44. The van der Waals surface area contributed by atoms with Crippen LogP contribution in [0, 0.1) is 17.7 Å². The lowest BCUT2D eigenvalue weighted by molar-refractivity contribution is -0.688. The van der Waals surface area contributed by atoms with Gasteiger partial charge in [0.15, 0.2) is 31.6 Å². The minimum absolute atomic E-state index is 0.0730. The first-order valence-electron chi connectivity index (χ1n) is 17.7. The van der Waals surface area contributed by atoms with E-state index >= 15 is 0 Å². The van der Waals surface area contributed by atoms with Gasteiger partial charge in [0.25, 0.3) is 7.82 Å². The van der Waals surface area contributed by atoms with E-state index in [9.17, 15) is 24.1 Å². The van der Waals surface area contributed by atoms with Crippen LogP contribution in [0.2, 0.25) is 0 Å². The van der Waals surface area contributed by atoms with E-state index in [4.69, 9.17) is 14.6 Å². The molecule has 54 heavy (non-hydrogen) atoms. The third-order valence-electron chi connectivity index (χ3n) is 8.46.